The molecule has 1 unspecified atom stereocenters. The molecule has 2 aromatic rings. The number of rotatable bonds is 7. The summed E-state index contributed by atoms with van der Waals surface area (Å²) >= 11 is 0. The average Bonchev–Trinajstić information content (AvgIpc) is 3.22. The third-order valence-electron chi connectivity index (χ3n) is 5.81. The molecule has 3 N–H and O–H groups in total. The standard InChI is InChI=1S/C20H23BN2O6/c1-2-19(24)23-9-12-7-15(12)16(23)11-29-20(25)22-18(21(26)27)8-13-10-28-17-6-4-3-5-14(13)17/h2-6,10,12,15-16,18,26-27H,1,7-9,11H2,(H,22,25)/t12-,15-,16-,18?/m0/s1. The Morgan fingerprint density at radius 1 is 1.41 bits per heavy atom. The van der Waals surface area contributed by atoms with Gasteiger partial charge in [0.05, 0.1) is 18.2 Å². The molecule has 29 heavy (non-hydrogen) atoms. The fourth-order valence-electron chi connectivity index (χ4n) is 4.17. The van der Waals surface area contributed by atoms with Crippen molar-refractivity contribution in [1.29, 1.82) is 0 Å². The van der Waals surface area contributed by atoms with Crippen LogP contribution in [0, 0.1) is 11.8 Å². The van der Waals surface area contributed by atoms with E-state index in [2.05, 4.69) is 11.9 Å². The predicted octanol–water partition coefficient (Wildman–Crippen LogP) is 1.11. The van der Waals surface area contributed by atoms with Crippen LogP contribution in [-0.4, -0.2) is 59.2 Å². The topological polar surface area (TPSA) is 112 Å². The molecule has 4 atom stereocenters. The van der Waals surface area contributed by atoms with E-state index in [4.69, 9.17) is 9.15 Å². The lowest BCUT2D eigenvalue weighted by molar-refractivity contribution is -0.128. The lowest BCUT2D eigenvalue weighted by atomic mass is 9.76. The molecule has 4 rings (SSSR count). The number of hydrogen-bond donors (Lipinski definition) is 3. The Labute approximate surface area is 168 Å². The van der Waals surface area contributed by atoms with Gasteiger partial charge in [-0.15, -0.1) is 0 Å². The van der Waals surface area contributed by atoms with Gasteiger partial charge in [0.2, 0.25) is 5.91 Å². The highest BCUT2D eigenvalue weighted by Gasteiger charge is 2.53. The Hall–Kier alpha value is -2.78. The minimum atomic E-state index is -1.77. The monoisotopic (exact) mass is 398 g/mol. The number of amides is 2. The third kappa shape index (κ3) is 4.01. The zero-order valence-electron chi connectivity index (χ0n) is 15.9. The number of likely N-dealkylation sites (tertiary alicyclic amines) is 1. The molecular formula is C20H23BN2O6. The van der Waals surface area contributed by atoms with E-state index in [-0.39, 0.29) is 25.0 Å². The summed E-state index contributed by atoms with van der Waals surface area (Å²) in [5, 5.41) is 22.7. The van der Waals surface area contributed by atoms with E-state index in [1.807, 2.05) is 24.3 Å². The predicted molar refractivity (Wildman–Crippen MR) is 106 cm³/mol. The molecule has 0 radical (unpaired) electrons. The van der Waals surface area contributed by atoms with Gasteiger partial charge in [-0.05, 0) is 42.4 Å². The van der Waals surface area contributed by atoms with E-state index in [1.165, 1.54) is 12.3 Å². The van der Waals surface area contributed by atoms with Gasteiger partial charge in [0, 0.05) is 11.9 Å². The maximum Gasteiger partial charge on any atom is 0.475 e. The van der Waals surface area contributed by atoms with Crippen LogP contribution in [0.3, 0.4) is 0 Å². The Morgan fingerprint density at radius 2 is 2.21 bits per heavy atom. The molecule has 2 aliphatic rings. The number of carbonyl (C=O) groups excluding carboxylic acids is 2. The van der Waals surface area contributed by atoms with Crippen molar-refractivity contribution in [3.05, 3.63) is 48.7 Å². The van der Waals surface area contributed by atoms with Gasteiger partial charge >= 0.3 is 13.2 Å². The maximum atomic E-state index is 12.3. The number of furan rings is 1. The molecule has 2 fully saturated rings. The van der Waals surface area contributed by atoms with Crippen LogP contribution >= 0.6 is 0 Å². The van der Waals surface area contributed by atoms with Crippen LogP contribution in [0.1, 0.15) is 12.0 Å². The molecule has 8 nitrogen and oxygen atoms in total. The number of nitrogens with zero attached hydrogens (tertiary/aromatic N) is 1. The van der Waals surface area contributed by atoms with Gasteiger partial charge in [0.25, 0.3) is 0 Å². The van der Waals surface area contributed by atoms with Gasteiger partial charge in [0.1, 0.15) is 12.2 Å². The molecular weight excluding hydrogens is 375 g/mol. The van der Waals surface area contributed by atoms with Crippen LogP contribution < -0.4 is 5.32 Å². The number of carbonyl (C=O) groups is 2. The number of para-hydroxylation sites is 1. The number of nitrogens with one attached hydrogen (secondary N) is 1. The van der Waals surface area contributed by atoms with Crippen LogP contribution in [0.2, 0.25) is 0 Å². The van der Waals surface area contributed by atoms with Crippen LogP contribution in [0.25, 0.3) is 11.0 Å². The first kappa shape index (κ1) is 19.5. The molecule has 152 valence electrons. The van der Waals surface area contributed by atoms with Crippen molar-refractivity contribution in [2.75, 3.05) is 13.2 Å². The quantitative estimate of drug-likeness (QED) is 0.476. The average molecular weight is 398 g/mol. The molecule has 1 aliphatic carbocycles. The normalized spacial score (nSPS) is 23.4. The minimum absolute atomic E-state index is 0.0649. The Kier molecular flexibility index (Phi) is 5.34. The number of piperidine rings is 1. The van der Waals surface area contributed by atoms with E-state index in [0.29, 0.717) is 24.0 Å². The van der Waals surface area contributed by atoms with Crippen molar-refractivity contribution in [3.8, 4) is 0 Å². The Morgan fingerprint density at radius 3 is 2.97 bits per heavy atom. The summed E-state index contributed by atoms with van der Waals surface area (Å²) in [6, 6.07) is 7.22. The molecule has 0 bridgehead atoms. The Bertz CT molecular complexity index is 929. The first-order valence-electron chi connectivity index (χ1n) is 9.65. The summed E-state index contributed by atoms with van der Waals surface area (Å²) < 4.78 is 10.8. The number of fused-ring (bicyclic) bond motifs is 2. The lowest BCUT2D eigenvalue weighted by Crippen LogP contribution is -2.49. The fourth-order valence-corrected chi connectivity index (χ4v) is 4.17. The smallest absolute Gasteiger partial charge is 0.464 e. The molecule has 1 saturated heterocycles. The van der Waals surface area contributed by atoms with Crippen LogP contribution in [0.4, 0.5) is 4.79 Å². The highest BCUT2D eigenvalue weighted by atomic mass is 16.5. The van der Waals surface area contributed by atoms with Gasteiger partial charge in [-0.25, -0.2) is 4.79 Å². The summed E-state index contributed by atoms with van der Waals surface area (Å²) in [7, 11) is -1.77. The zero-order chi connectivity index (χ0) is 20.5. The van der Waals surface area contributed by atoms with E-state index >= 15 is 0 Å². The van der Waals surface area contributed by atoms with Gasteiger partial charge in [-0.1, -0.05) is 24.8 Å². The van der Waals surface area contributed by atoms with E-state index < -0.39 is 19.2 Å². The first-order valence-corrected chi connectivity index (χ1v) is 9.65. The van der Waals surface area contributed by atoms with Gasteiger partial charge in [-0.3, -0.25) is 4.79 Å². The second kappa shape index (κ2) is 7.92. The maximum absolute atomic E-state index is 12.3. The minimum Gasteiger partial charge on any atom is -0.464 e. The second-order valence-electron chi connectivity index (χ2n) is 7.65. The SMILES string of the molecule is C=CC(=O)N1C[C@@H]2C[C@@H]2[C@@H]1COC(=O)NC(Cc1coc2ccccc12)B(O)O. The van der Waals surface area contributed by atoms with Crippen molar-refractivity contribution >= 4 is 30.1 Å². The van der Waals surface area contributed by atoms with Crippen molar-refractivity contribution in [2.45, 2.75) is 24.8 Å². The highest BCUT2D eigenvalue weighted by molar-refractivity contribution is 6.43. The van der Waals surface area contributed by atoms with Crippen LogP contribution in [0.5, 0.6) is 0 Å². The number of hydrogen-bond acceptors (Lipinski definition) is 6. The highest BCUT2D eigenvalue weighted by Crippen LogP contribution is 2.49. The van der Waals surface area contributed by atoms with E-state index in [1.54, 1.807) is 4.90 Å². The second-order valence-corrected chi connectivity index (χ2v) is 7.65. The largest absolute Gasteiger partial charge is 0.475 e. The van der Waals surface area contributed by atoms with Gasteiger partial charge in [0.15, 0.2) is 0 Å². The molecule has 0 spiro atoms. The van der Waals surface area contributed by atoms with Crippen LogP contribution in [-0.2, 0) is 16.0 Å². The summed E-state index contributed by atoms with van der Waals surface area (Å²) in [5.41, 5.74) is 1.43. The lowest BCUT2D eigenvalue weighted by Gasteiger charge is -2.26. The first-order chi connectivity index (χ1) is 14.0. The van der Waals surface area contributed by atoms with Gasteiger partial charge in [-0.2, -0.15) is 0 Å². The molecule has 1 saturated carbocycles. The summed E-state index contributed by atoms with van der Waals surface area (Å²) in [6.45, 7) is 4.24. The van der Waals surface area contributed by atoms with Crippen LogP contribution in [0.15, 0.2) is 47.6 Å². The van der Waals surface area contributed by atoms with Gasteiger partial charge < -0.3 is 29.4 Å². The number of alkyl carbamates (subject to hydrolysis) is 1. The number of ether oxygens (including phenoxy) is 1. The molecule has 2 amide bonds. The molecule has 2 heterocycles. The summed E-state index contributed by atoms with van der Waals surface area (Å²) in [5.74, 6) is -0.312. The number of benzene rings is 1. The van der Waals surface area contributed by atoms with Crippen molar-refractivity contribution in [1.82, 2.24) is 10.2 Å². The summed E-state index contributed by atoms with van der Waals surface area (Å²) in [6.07, 6.45) is 3.25. The molecule has 1 aliphatic heterocycles. The Balaban J connectivity index is 1.35. The van der Waals surface area contributed by atoms with Crippen molar-refractivity contribution in [3.63, 3.8) is 0 Å². The zero-order valence-corrected chi connectivity index (χ0v) is 15.9. The van der Waals surface area contributed by atoms with Crippen molar-refractivity contribution < 1.29 is 28.8 Å². The van der Waals surface area contributed by atoms with Crippen molar-refractivity contribution in [2.24, 2.45) is 11.8 Å². The summed E-state index contributed by atoms with van der Waals surface area (Å²) in [4.78, 5) is 25.9. The fraction of sp³-hybridized carbons (Fsp3) is 0.400. The van der Waals surface area contributed by atoms with E-state index in [9.17, 15) is 19.6 Å². The molecule has 1 aromatic heterocycles. The van der Waals surface area contributed by atoms with E-state index in [0.717, 1.165) is 17.4 Å². The molecule has 1 aromatic carbocycles. The third-order valence-corrected chi connectivity index (χ3v) is 5.81. The molecule has 9 heteroatoms.